The monoisotopic (exact) mass is 154 g/mol. The molecule has 2 aliphatic heterocycles. The summed E-state index contributed by atoms with van der Waals surface area (Å²) in [6.07, 6.45) is 6.41. The largest absolute Gasteiger partial charge is 0.291 e. The standard InChI is InChI=1S/C9H18N2/c1-10-6-4-8-11-7-3-2-5-9(10)11/h9H,2-8H2,1H3. The Morgan fingerprint density at radius 2 is 1.82 bits per heavy atom. The van der Waals surface area contributed by atoms with E-state index in [1.807, 2.05) is 0 Å². The summed E-state index contributed by atoms with van der Waals surface area (Å²) in [6, 6.07) is 0. The first-order valence-corrected chi connectivity index (χ1v) is 4.82. The molecule has 0 bridgehead atoms. The molecule has 2 heteroatoms. The normalized spacial score (nSPS) is 35.2. The van der Waals surface area contributed by atoms with Crippen LogP contribution in [0.4, 0.5) is 0 Å². The van der Waals surface area contributed by atoms with Crippen LogP contribution in [0.5, 0.6) is 0 Å². The highest BCUT2D eigenvalue weighted by Gasteiger charge is 2.28. The number of nitrogens with zero attached hydrogens (tertiary/aromatic N) is 2. The van der Waals surface area contributed by atoms with Crippen LogP contribution in [-0.4, -0.2) is 42.6 Å². The summed E-state index contributed by atoms with van der Waals surface area (Å²) >= 11 is 0. The zero-order chi connectivity index (χ0) is 7.68. The zero-order valence-corrected chi connectivity index (χ0v) is 7.42. The first-order valence-electron chi connectivity index (χ1n) is 4.82. The highest BCUT2D eigenvalue weighted by Crippen LogP contribution is 2.22. The first-order chi connectivity index (χ1) is 5.38. The van der Waals surface area contributed by atoms with Gasteiger partial charge < -0.3 is 0 Å². The van der Waals surface area contributed by atoms with Crippen LogP contribution in [0.3, 0.4) is 0 Å². The van der Waals surface area contributed by atoms with E-state index >= 15 is 0 Å². The first kappa shape index (κ1) is 7.56. The minimum absolute atomic E-state index is 0.789. The number of hydrogen-bond donors (Lipinski definition) is 0. The van der Waals surface area contributed by atoms with Gasteiger partial charge in [0.15, 0.2) is 0 Å². The van der Waals surface area contributed by atoms with Crippen molar-refractivity contribution < 1.29 is 0 Å². The van der Waals surface area contributed by atoms with E-state index in [9.17, 15) is 0 Å². The molecule has 64 valence electrons. The topological polar surface area (TPSA) is 6.48 Å². The molecule has 0 aliphatic carbocycles. The molecule has 2 aliphatic rings. The Morgan fingerprint density at radius 1 is 1.00 bits per heavy atom. The lowest BCUT2D eigenvalue weighted by Gasteiger charge is -2.44. The summed E-state index contributed by atoms with van der Waals surface area (Å²) in [5.74, 6) is 0. The zero-order valence-electron chi connectivity index (χ0n) is 7.42. The van der Waals surface area contributed by atoms with E-state index in [1.165, 1.54) is 45.3 Å². The Morgan fingerprint density at radius 3 is 2.64 bits per heavy atom. The molecule has 0 aromatic rings. The van der Waals surface area contributed by atoms with E-state index in [-0.39, 0.29) is 0 Å². The van der Waals surface area contributed by atoms with Gasteiger partial charge in [0, 0.05) is 13.1 Å². The van der Waals surface area contributed by atoms with Crippen LogP contribution >= 0.6 is 0 Å². The molecule has 2 saturated heterocycles. The van der Waals surface area contributed by atoms with Gasteiger partial charge >= 0.3 is 0 Å². The van der Waals surface area contributed by atoms with Gasteiger partial charge in [-0.25, -0.2) is 0 Å². The number of fused-ring (bicyclic) bond motifs is 1. The van der Waals surface area contributed by atoms with E-state index in [4.69, 9.17) is 0 Å². The van der Waals surface area contributed by atoms with Crippen LogP contribution in [-0.2, 0) is 0 Å². The number of piperidine rings is 1. The summed E-state index contributed by atoms with van der Waals surface area (Å²) in [6.45, 7) is 3.99. The van der Waals surface area contributed by atoms with E-state index in [2.05, 4.69) is 16.8 Å². The van der Waals surface area contributed by atoms with Crippen LogP contribution < -0.4 is 0 Å². The number of rotatable bonds is 0. The molecule has 0 radical (unpaired) electrons. The molecule has 2 nitrogen and oxygen atoms in total. The average Bonchev–Trinajstić information content (AvgIpc) is 2.06. The predicted molar refractivity (Wildman–Crippen MR) is 46.5 cm³/mol. The molecule has 1 atom stereocenters. The van der Waals surface area contributed by atoms with Crippen LogP contribution in [0, 0.1) is 0 Å². The van der Waals surface area contributed by atoms with Crippen LogP contribution in [0.1, 0.15) is 25.7 Å². The van der Waals surface area contributed by atoms with Gasteiger partial charge in [0.1, 0.15) is 0 Å². The van der Waals surface area contributed by atoms with E-state index in [0.29, 0.717) is 0 Å². The van der Waals surface area contributed by atoms with Gasteiger partial charge in [0.05, 0.1) is 6.17 Å². The van der Waals surface area contributed by atoms with Crippen molar-refractivity contribution in [1.82, 2.24) is 9.80 Å². The lowest BCUT2D eigenvalue weighted by molar-refractivity contribution is -0.00403. The molecule has 2 fully saturated rings. The second-order valence-corrected chi connectivity index (χ2v) is 3.85. The van der Waals surface area contributed by atoms with Gasteiger partial charge in [-0.1, -0.05) is 0 Å². The average molecular weight is 154 g/mol. The maximum absolute atomic E-state index is 2.65. The van der Waals surface area contributed by atoms with Crippen molar-refractivity contribution in [3.63, 3.8) is 0 Å². The molecule has 0 amide bonds. The van der Waals surface area contributed by atoms with Crippen molar-refractivity contribution in [2.75, 3.05) is 26.7 Å². The summed E-state index contributed by atoms with van der Waals surface area (Å²) in [5.41, 5.74) is 0. The smallest absolute Gasteiger partial charge is 0.0619 e. The Hall–Kier alpha value is -0.0800. The van der Waals surface area contributed by atoms with Gasteiger partial charge in [-0.2, -0.15) is 0 Å². The minimum atomic E-state index is 0.789. The van der Waals surface area contributed by atoms with Gasteiger partial charge in [-0.05, 0) is 39.3 Å². The molecule has 0 spiro atoms. The molecule has 0 aromatic carbocycles. The second kappa shape index (κ2) is 3.11. The fourth-order valence-electron chi connectivity index (χ4n) is 2.41. The van der Waals surface area contributed by atoms with E-state index in [1.54, 1.807) is 0 Å². The van der Waals surface area contributed by atoms with Crippen molar-refractivity contribution >= 4 is 0 Å². The van der Waals surface area contributed by atoms with Crippen LogP contribution in [0.25, 0.3) is 0 Å². The molecule has 2 heterocycles. The summed E-state index contributed by atoms with van der Waals surface area (Å²) in [4.78, 5) is 5.16. The van der Waals surface area contributed by atoms with Gasteiger partial charge in [0.2, 0.25) is 0 Å². The van der Waals surface area contributed by atoms with Gasteiger partial charge in [0.25, 0.3) is 0 Å². The maximum atomic E-state index is 2.65. The van der Waals surface area contributed by atoms with E-state index < -0.39 is 0 Å². The van der Waals surface area contributed by atoms with Gasteiger partial charge in [-0.3, -0.25) is 9.80 Å². The number of hydrogen-bond acceptors (Lipinski definition) is 2. The minimum Gasteiger partial charge on any atom is -0.291 e. The van der Waals surface area contributed by atoms with Crippen LogP contribution in [0.2, 0.25) is 0 Å². The van der Waals surface area contributed by atoms with Crippen LogP contribution in [0.15, 0.2) is 0 Å². The highest BCUT2D eigenvalue weighted by molar-refractivity contribution is 4.80. The quantitative estimate of drug-likeness (QED) is 0.516. The third-order valence-electron chi connectivity index (χ3n) is 3.04. The highest BCUT2D eigenvalue weighted by atomic mass is 15.4. The Balaban J connectivity index is 1.99. The SMILES string of the molecule is CN1CCCN2CCCCC12. The molecule has 2 rings (SSSR count). The Labute approximate surface area is 69.2 Å². The van der Waals surface area contributed by atoms with Crippen molar-refractivity contribution in [1.29, 1.82) is 0 Å². The third kappa shape index (κ3) is 1.42. The lowest BCUT2D eigenvalue weighted by Crippen LogP contribution is -2.53. The fourth-order valence-corrected chi connectivity index (χ4v) is 2.41. The second-order valence-electron chi connectivity index (χ2n) is 3.85. The van der Waals surface area contributed by atoms with Crippen molar-refractivity contribution in [2.45, 2.75) is 31.8 Å². The van der Waals surface area contributed by atoms with Crippen molar-refractivity contribution in [3.8, 4) is 0 Å². The molecule has 11 heavy (non-hydrogen) atoms. The summed E-state index contributed by atoms with van der Waals surface area (Å²) in [5, 5.41) is 0. The molecule has 0 N–H and O–H groups in total. The van der Waals surface area contributed by atoms with E-state index in [0.717, 1.165) is 6.17 Å². The summed E-state index contributed by atoms with van der Waals surface area (Å²) < 4.78 is 0. The third-order valence-corrected chi connectivity index (χ3v) is 3.04. The maximum Gasteiger partial charge on any atom is 0.0619 e. The molecule has 0 saturated carbocycles. The molecule has 1 unspecified atom stereocenters. The Kier molecular flexibility index (Phi) is 2.14. The molecular formula is C9H18N2. The lowest BCUT2D eigenvalue weighted by atomic mass is 10.0. The molecular weight excluding hydrogens is 136 g/mol. The Bertz CT molecular complexity index is 134. The van der Waals surface area contributed by atoms with Crippen molar-refractivity contribution in [2.24, 2.45) is 0 Å². The molecule has 0 aromatic heterocycles. The predicted octanol–water partition coefficient (Wildman–Crippen LogP) is 1.13. The summed E-state index contributed by atoms with van der Waals surface area (Å²) in [7, 11) is 2.27. The van der Waals surface area contributed by atoms with Gasteiger partial charge in [-0.15, -0.1) is 0 Å². The van der Waals surface area contributed by atoms with Crippen molar-refractivity contribution in [3.05, 3.63) is 0 Å². The fraction of sp³-hybridized carbons (Fsp3) is 1.00.